The van der Waals surface area contributed by atoms with Crippen LogP contribution in [-0.2, 0) is 27.2 Å². The van der Waals surface area contributed by atoms with Gasteiger partial charge in [-0.1, -0.05) is 11.6 Å². The zero-order valence-electron chi connectivity index (χ0n) is 15.0. The van der Waals surface area contributed by atoms with E-state index in [-0.39, 0.29) is 37.5 Å². The van der Waals surface area contributed by atoms with E-state index in [9.17, 15) is 14.4 Å². The second kappa shape index (κ2) is 7.74. The largest absolute Gasteiger partial charge is 0.494 e. The van der Waals surface area contributed by atoms with E-state index in [4.69, 9.17) is 27.2 Å². The molecule has 2 amide bonds. The summed E-state index contributed by atoms with van der Waals surface area (Å²) >= 11 is 6.41. The van der Waals surface area contributed by atoms with Crippen molar-refractivity contribution in [1.82, 2.24) is 9.80 Å². The van der Waals surface area contributed by atoms with Gasteiger partial charge in [0, 0.05) is 16.6 Å². The molecule has 27 heavy (non-hydrogen) atoms. The van der Waals surface area contributed by atoms with Gasteiger partial charge in [-0.25, -0.2) is 0 Å². The highest BCUT2D eigenvalue weighted by Crippen LogP contribution is 2.39. The van der Waals surface area contributed by atoms with Crippen molar-refractivity contribution in [2.75, 3.05) is 32.5 Å². The fourth-order valence-electron chi connectivity index (χ4n) is 3.98. The summed E-state index contributed by atoms with van der Waals surface area (Å²) < 4.78 is 5.43. The van der Waals surface area contributed by atoms with Gasteiger partial charge >= 0.3 is 5.97 Å². The summed E-state index contributed by atoms with van der Waals surface area (Å²) in [4.78, 5) is 38.6. The molecule has 2 aliphatic rings. The van der Waals surface area contributed by atoms with Gasteiger partial charge < -0.3 is 15.6 Å². The van der Waals surface area contributed by atoms with E-state index in [0.717, 1.165) is 17.5 Å². The molecule has 1 aliphatic heterocycles. The van der Waals surface area contributed by atoms with Crippen molar-refractivity contribution in [3.05, 3.63) is 22.2 Å². The number of carboxylic acids is 1. The fraction of sp³-hybridized carbons (Fsp3) is 0.500. The SMILES string of the molecule is COc1c(N)cc(Cl)c2c1CCCC(N1C(=O)CN(CC(=O)O)CC1=O)C2. The lowest BCUT2D eigenvalue weighted by molar-refractivity contribution is -0.155. The first-order valence-electron chi connectivity index (χ1n) is 8.74. The van der Waals surface area contributed by atoms with Gasteiger partial charge in [-0.15, -0.1) is 0 Å². The van der Waals surface area contributed by atoms with Crippen molar-refractivity contribution in [2.45, 2.75) is 31.7 Å². The number of benzene rings is 1. The predicted molar refractivity (Wildman–Crippen MR) is 98.8 cm³/mol. The molecule has 1 unspecified atom stereocenters. The van der Waals surface area contributed by atoms with Crippen LogP contribution in [0.15, 0.2) is 6.07 Å². The molecule has 1 atom stereocenters. The third kappa shape index (κ3) is 3.86. The number of rotatable bonds is 4. The summed E-state index contributed by atoms with van der Waals surface area (Å²) in [7, 11) is 1.55. The standard InChI is InChI=1S/C18H22ClN3O5/c1-27-18-11-4-2-3-10(5-12(11)13(19)6-14(18)20)22-15(23)7-21(8-16(22)24)9-17(25)26/h6,10H,2-5,7-9,20H2,1H3,(H,25,26). The zero-order chi connectivity index (χ0) is 19.7. The van der Waals surface area contributed by atoms with E-state index in [2.05, 4.69) is 0 Å². The van der Waals surface area contributed by atoms with E-state index in [0.29, 0.717) is 35.7 Å². The number of halogens is 1. The summed E-state index contributed by atoms with van der Waals surface area (Å²) in [6.45, 7) is -0.499. The van der Waals surface area contributed by atoms with Gasteiger partial charge in [0.15, 0.2) is 0 Å². The number of imide groups is 1. The van der Waals surface area contributed by atoms with Crippen LogP contribution in [0.25, 0.3) is 0 Å². The van der Waals surface area contributed by atoms with Gasteiger partial charge in [-0.05, 0) is 37.3 Å². The van der Waals surface area contributed by atoms with Crippen LogP contribution < -0.4 is 10.5 Å². The Morgan fingerprint density at radius 1 is 1.33 bits per heavy atom. The summed E-state index contributed by atoms with van der Waals surface area (Å²) in [5.74, 6) is -1.22. The van der Waals surface area contributed by atoms with Crippen molar-refractivity contribution >= 4 is 35.1 Å². The smallest absolute Gasteiger partial charge is 0.317 e. The van der Waals surface area contributed by atoms with Crippen LogP contribution in [0.1, 0.15) is 24.0 Å². The number of carbonyl (C=O) groups is 3. The van der Waals surface area contributed by atoms with Crippen molar-refractivity contribution in [1.29, 1.82) is 0 Å². The monoisotopic (exact) mass is 395 g/mol. The molecule has 1 aliphatic carbocycles. The fourth-order valence-corrected chi connectivity index (χ4v) is 4.29. The Hall–Kier alpha value is -2.32. The zero-order valence-corrected chi connectivity index (χ0v) is 15.8. The Balaban J connectivity index is 1.86. The minimum absolute atomic E-state index is 0.0831. The molecule has 146 valence electrons. The molecular weight excluding hydrogens is 374 g/mol. The van der Waals surface area contributed by atoms with E-state index >= 15 is 0 Å². The number of nitrogens with zero attached hydrogens (tertiary/aromatic N) is 2. The maximum absolute atomic E-state index is 12.6. The van der Waals surface area contributed by atoms with Gasteiger partial charge in [0.25, 0.3) is 0 Å². The second-order valence-electron chi connectivity index (χ2n) is 6.88. The Kier molecular flexibility index (Phi) is 5.57. The lowest BCUT2D eigenvalue weighted by Crippen LogP contribution is -2.58. The molecule has 0 aromatic heterocycles. The molecule has 1 aromatic carbocycles. The molecule has 1 aromatic rings. The van der Waals surface area contributed by atoms with Crippen LogP contribution in [0.3, 0.4) is 0 Å². The number of carboxylic acid groups (broad SMARTS) is 1. The van der Waals surface area contributed by atoms with E-state index in [1.807, 2.05) is 0 Å². The maximum atomic E-state index is 12.6. The highest BCUT2D eigenvalue weighted by atomic mass is 35.5. The van der Waals surface area contributed by atoms with Crippen LogP contribution in [0.4, 0.5) is 5.69 Å². The summed E-state index contributed by atoms with van der Waals surface area (Å²) in [5.41, 5.74) is 8.24. The lowest BCUT2D eigenvalue weighted by Gasteiger charge is -2.36. The number of nitrogen functional groups attached to an aromatic ring is 1. The van der Waals surface area contributed by atoms with Crippen molar-refractivity contribution in [2.24, 2.45) is 0 Å². The van der Waals surface area contributed by atoms with Gasteiger partial charge in [0.2, 0.25) is 11.8 Å². The summed E-state index contributed by atoms with van der Waals surface area (Å²) in [5, 5.41) is 9.39. The van der Waals surface area contributed by atoms with Crippen molar-refractivity contribution in [3.63, 3.8) is 0 Å². The maximum Gasteiger partial charge on any atom is 0.317 e. The third-order valence-corrected chi connectivity index (χ3v) is 5.40. The number of methoxy groups -OCH3 is 1. The Morgan fingerprint density at radius 2 is 2.00 bits per heavy atom. The van der Waals surface area contributed by atoms with E-state index < -0.39 is 5.97 Å². The number of aliphatic carboxylic acids is 1. The molecule has 1 fully saturated rings. The molecule has 0 radical (unpaired) electrons. The number of hydrogen-bond acceptors (Lipinski definition) is 6. The summed E-state index contributed by atoms with van der Waals surface area (Å²) in [6.07, 6.45) is 2.52. The first-order chi connectivity index (χ1) is 12.8. The minimum atomic E-state index is -1.07. The number of hydrogen-bond donors (Lipinski definition) is 2. The molecule has 0 bridgehead atoms. The highest BCUT2D eigenvalue weighted by Gasteiger charge is 2.38. The van der Waals surface area contributed by atoms with Crippen LogP contribution in [0.2, 0.25) is 5.02 Å². The van der Waals surface area contributed by atoms with Gasteiger partial charge in [0.05, 0.1) is 32.4 Å². The Bertz CT molecular complexity index is 780. The molecule has 1 heterocycles. The number of piperazine rings is 1. The van der Waals surface area contributed by atoms with Gasteiger partial charge in [0.1, 0.15) is 5.75 Å². The summed E-state index contributed by atoms with van der Waals surface area (Å²) in [6, 6.07) is 1.32. The first-order valence-corrected chi connectivity index (χ1v) is 9.12. The molecule has 0 saturated carbocycles. The minimum Gasteiger partial charge on any atom is -0.494 e. The molecule has 1 saturated heterocycles. The number of fused-ring (bicyclic) bond motifs is 1. The van der Waals surface area contributed by atoms with Gasteiger partial charge in [-0.2, -0.15) is 0 Å². The van der Waals surface area contributed by atoms with E-state index in [1.54, 1.807) is 13.2 Å². The van der Waals surface area contributed by atoms with Crippen molar-refractivity contribution < 1.29 is 24.2 Å². The highest BCUT2D eigenvalue weighted by molar-refractivity contribution is 6.32. The topological polar surface area (TPSA) is 113 Å². The molecule has 9 heteroatoms. The van der Waals surface area contributed by atoms with Crippen LogP contribution >= 0.6 is 11.6 Å². The first kappa shape index (κ1) is 19.4. The number of anilines is 1. The molecular formula is C18H22ClN3O5. The van der Waals surface area contributed by atoms with Crippen LogP contribution in [-0.4, -0.2) is 65.5 Å². The quantitative estimate of drug-likeness (QED) is 0.443. The van der Waals surface area contributed by atoms with Crippen LogP contribution in [0.5, 0.6) is 5.75 Å². The van der Waals surface area contributed by atoms with Crippen LogP contribution in [0, 0.1) is 0 Å². The number of amides is 2. The molecule has 3 rings (SSSR count). The number of nitrogens with two attached hydrogens (primary N) is 1. The molecule has 3 N–H and O–H groups in total. The lowest BCUT2D eigenvalue weighted by atomic mass is 9.98. The number of carbonyl (C=O) groups excluding carboxylic acids is 2. The average molecular weight is 396 g/mol. The average Bonchev–Trinajstić information content (AvgIpc) is 2.77. The van der Waals surface area contributed by atoms with Crippen molar-refractivity contribution in [3.8, 4) is 5.75 Å². The van der Waals surface area contributed by atoms with E-state index in [1.165, 1.54) is 9.80 Å². The Morgan fingerprint density at radius 3 is 2.59 bits per heavy atom. The predicted octanol–water partition coefficient (Wildman–Crippen LogP) is 0.934. The molecule has 0 spiro atoms. The third-order valence-electron chi connectivity index (χ3n) is 5.06. The Labute approximate surface area is 161 Å². The normalized spacial score (nSPS) is 21.0. The number of ether oxygens (including phenoxy) is 1. The molecule has 8 nitrogen and oxygen atoms in total. The van der Waals surface area contributed by atoms with Gasteiger partial charge in [-0.3, -0.25) is 24.2 Å². The second-order valence-corrected chi connectivity index (χ2v) is 7.29.